The van der Waals surface area contributed by atoms with Crippen molar-refractivity contribution in [1.29, 1.82) is 0 Å². The van der Waals surface area contributed by atoms with Gasteiger partial charge in [-0.25, -0.2) is 4.99 Å². The zero-order chi connectivity index (χ0) is 19.5. The van der Waals surface area contributed by atoms with Crippen LogP contribution in [0.2, 0.25) is 5.02 Å². The number of halogens is 1. The third kappa shape index (κ3) is 3.88. The molecule has 1 aliphatic heterocycles. The smallest absolute Gasteiger partial charge is 0.243 e. The number of aromatic nitrogens is 1. The first-order valence-corrected chi connectivity index (χ1v) is 9.97. The van der Waals surface area contributed by atoms with Gasteiger partial charge in [0.25, 0.3) is 0 Å². The number of carbonyl (C=O) groups excluding carboxylic acids is 1. The predicted octanol–water partition coefficient (Wildman–Crippen LogP) is 5.57. The fourth-order valence-electron chi connectivity index (χ4n) is 2.79. The van der Waals surface area contributed by atoms with Crippen LogP contribution in [0.4, 0.5) is 11.4 Å². The molecule has 0 saturated carbocycles. The number of rotatable bonds is 4. The summed E-state index contributed by atoms with van der Waals surface area (Å²) in [5.74, 6) is 0.776. The minimum atomic E-state index is -0.0571. The first-order chi connectivity index (χ1) is 13.6. The second-order valence-corrected chi connectivity index (χ2v) is 7.49. The molecule has 0 atom stereocenters. The van der Waals surface area contributed by atoms with Crippen LogP contribution in [-0.2, 0) is 4.79 Å². The van der Waals surface area contributed by atoms with Crippen molar-refractivity contribution in [3.8, 4) is 0 Å². The molecule has 0 bridgehead atoms. The van der Waals surface area contributed by atoms with Gasteiger partial charge in [-0.2, -0.15) is 0 Å². The lowest BCUT2D eigenvalue weighted by atomic mass is 10.2. The molecule has 7 heteroatoms. The van der Waals surface area contributed by atoms with E-state index in [2.05, 4.69) is 10.1 Å². The van der Waals surface area contributed by atoms with Crippen LogP contribution in [-0.4, -0.2) is 22.0 Å². The molecule has 0 aliphatic carbocycles. The Bertz CT molecular complexity index is 1060. The highest BCUT2D eigenvalue weighted by Gasteiger charge is 2.34. The number of benzene rings is 2. The molecular formula is C21H16ClN3O2S. The van der Waals surface area contributed by atoms with Gasteiger partial charge in [-0.15, -0.1) is 0 Å². The average Bonchev–Trinajstić information content (AvgIpc) is 3.24. The standard InChI is InChI=1S/C21H16ClN3O2S/c1-14-20(18(27-24-14)12-7-15-5-3-2-4-6-15)25-19(26)13-28-21(25)23-17-10-8-16(22)9-11-17/h2-12H,13H2,1H3/b12-7+,23-21?. The largest absolute Gasteiger partial charge is 0.354 e. The summed E-state index contributed by atoms with van der Waals surface area (Å²) in [7, 11) is 0. The van der Waals surface area contributed by atoms with E-state index >= 15 is 0 Å². The quantitative estimate of drug-likeness (QED) is 0.564. The van der Waals surface area contributed by atoms with Crippen LogP contribution in [0.15, 0.2) is 64.1 Å². The monoisotopic (exact) mass is 409 g/mol. The molecule has 28 heavy (non-hydrogen) atoms. The number of amides is 1. The van der Waals surface area contributed by atoms with E-state index in [9.17, 15) is 4.79 Å². The maximum atomic E-state index is 12.6. The second-order valence-electron chi connectivity index (χ2n) is 6.11. The average molecular weight is 410 g/mol. The van der Waals surface area contributed by atoms with Gasteiger partial charge in [-0.1, -0.05) is 64.9 Å². The van der Waals surface area contributed by atoms with Crippen molar-refractivity contribution in [2.24, 2.45) is 4.99 Å². The summed E-state index contributed by atoms with van der Waals surface area (Å²) < 4.78 is 5.48. The Morgan fingerprint density at radius 3 is 2.64 bits per heavy atom. The number of hydrogen-bond acceptors (Lipinski definition) is 5. The fraction of sp³-hybridized carbons (Fsp3) is 0.0952. The van der Waals surface area contributed by atoms with Crippen LogP contribution in [0, 0.1) is 6.92 Å². The zero-order valence-electron chi connectivity index (χ0n) is 15.0. The van der Waals surface area contributed by atoms with Gasteiger partial charge < -0.3 is 4.52 Å². The molecule has 1 aliphatic rings. The van der Waals surface area contributed by atoms with Crippen LogP contribution in [0.3, 0.4) is 0 Å². The number of amidine groups is 1. The molecule has 3 aromatic rings. The van der Waals surface area contributed by atoms with Crippen molar-refractivity contribution in [3.63, 3.8) is 0 Å². The molecule has 0 N–H and O–H groups in total. The van der Waals surface area contributed by atoms with Crippen LogP contribution in [0.25, 0.3) is 12.2 Å². The summed E-state index contributed by atoms with van der Waals surface area (Å²) in [6.45, 7) is 1.81. The van der Waals surface area contributed by atoms with E-state index in [4.69, 9.17) is 16.1 Å². The summed E-state index contributed by atoms with van der Waals surface area (Å²) in [4.78, 5) is 18.8. The van der Waals surface area contributed by atoms with Crippen LogP contribution >= 0.6 is 23.4 Å². The number of thioether (sulfide) groups is 1. The molecule has 5 nitrogen and oxygen atoms in total. The lowest BCUT2D eigenvalue weighted by Gasteiger charge is -2.15. The third-order valence-electron chi connectivity index (χ3n) is 4.12. The number of hydrogen-bond donors (Lipinski definition) is 0. The number of aryl methyl sites for hydroxylation is 1. The Morgan fingerprint density at radius 1 is 1.14 bits per heavy atom. The van der Waals surface area contributed by atoms with Gasteiger partial charge in [0, 0.05) is 5.02 Å². The number of anilines is 1. The van der Waals surface area contributed by atoms with Gasteiger partial charge in [0.15, 0.2) is 10.9 Å². The number of carbonyl (C=O) groups is 1. The summed E-state index contributed by atoms with van der Waals surface area (Å²) in [6.07, 6.45) is 3.74. The highest BCUT2D eigenvalue weighted by atomic mass is 35.5. The molecule has 2 aromatic carbocycles. The molecule has 1 fully saturated rings. The van der Waals surface area contributed by atoms with Crippen LogP contribution < -0.4 is 4.90 Å². The number of aliphatic imine (C=N–C) groups is 1. The van der Waals surface area contributed by atoms with E-state index < -0.39 is 0 Å². The van der Waals surface area contributed by atoms with Gasteiger partial charge >= 0.3 is 0 Å². The van der Waals surface area contributed by atoms with Crippen molar-refractivity contribution in [2.45, 2.75) is 6.92 Å². The summed E-state index contributed by atoms with van der Waals surface area (Å²) in [5.41, 5.74) is 3.00. The Kier molecular flexibility index (Phi) is 5.32. The van der Waals surface area contributed by atoms with Crippen molar-refractivity contribution in [1.82, 2.24) is 5.16 Å². The first kappa shape index (κ1) is 18.5. The molecule has 1 amide bonds. The van der Waals surface area contributed by atoms with E-state index in [1.54, 1.807) is 17.0 Å². The van der Waals surface area contributed by atoms with E-state index in [0.29, 0.717) is 33.1 Å². The minimum absolute atomic E-state index is 0.0571. The topological polar surface area (TPSA) is 58.7 Å². The molecule has 4 rings (SSSR count). The molecule has 1 saturated heterocycles. The Morgan fingerprint density at radius 2 is 1.89 bits per heavy atom. The van der Waals surface area contributed by atoms with E-state index in [1.807, 2.05) is 61.5 Å². The first-order valence-electron chi connectivity index (χ1n) is 8.61. The van der Waals surface area contributed by atoms with Crippen molar-refractivity contribution < 1.29 is 9.32 Å². The van der Waals surface area contributed by atoms with E-state index in [-0.39, 0.29) is 5.91 Å². The van der Waals surface area contributed by atoms with E-state index in [1.165, 1.54) is 11.8 Å². The van der Waals surface area contributed by atoms with Crippen molar-refractivity contribution >= 4 is 58.0 Å². The highest BCUT2D eigenvalue weighted by Crippen LogP contribution is 2.34. The van der Waals surface area contributed by atoms with Gasteiger partial charge in [0.05, 0.1) is 11.4 Å². The highest BCUT2D eigenvalue weighted by molar-refractivity contribution is 8.15. The lowest BCUT2D eigenvalue weighted by molar-refractivity contribution is -0.115. The van der Waals surface area contributed by atoms with Crippen molar-refractivity contribution in [2.75, 3.05) is 10.7 Å². The molecule has 0 spiro atoms. The van der Waals surface area contributed by atoms with Gasteiger partial charge in [0.2, 0.25) is 5.91 Å². The Hall–Kier alpha value is -2.83. The Labute approximate surface area is 171 Å². The third-order valence-corrected chi connectivity index (χ3v) is 5.30. The van der Waals surface area contributed by atoms with Gasteiger partial charge in [-0.05, 0) is 42.8 Å². The van der Waals surface area contributed by atoms with E-state index in [0.717, 1.165) is 11.3 Å². The molecule has 0 radical (unpaired) electrons. The maximum Gasteiger partial charge on any atom is 0.243 e. The summed E-state index contributed by atoms with van der Waals surface area (Å²) in [5, 5.41) is 5.29. The zero-order valence-corrected chi connectivity index (χ0v) is 16.6. The normalized spacial score (nSPS) is 15.9. The van der Waals surface area contributed by atoms with Gasteiger partial charge in [-0.3, -0.25) is 9.69 Å². The molecule has 1 aromatic heterocycles. The predicted molar refractivity (Wildman–Crippen MR) is 115 cm³/mol. The van der Waals surface area contributed by atoms with Gasteiger partial charge in [0.1, 0.15) is 11.4 Å². The lowest BCUT2D eigenvalue weighted by Crippen LogP contribution is -2.30. The molecule has 2 heterocycles. The SMILES string of the molecule is Cc1noc(/C=C/c2ccccc2)c1N1C(=O)CSC1=Nc1ccc(Cl)cc1. The summed E-state index contributed by atoms with van der Waals surface area (Å²) in [6, 6.07) is 17.0. The van der Waals surface area contributed by atoms with Crippen LogP contribution in [0.1, 0.15) is 17.0 Å². The minimum Gasteiger partial charge on any atom is -0.354 e. The molecule has 0 unspecified atom stereocenters. The summed E-state index contributed by atoms with van der Waals surface area (Å²) >= 11 is 7.33. The van der Waals surface area contributed by atoms with Crippen molar-refractivity contribution in [3.05, 3.63) is 76.6 Å². The molecular weight excluding hydrogens is 394 g/mol. The maximum absolute atomic E-state index is 12.6. The number of nitrogens with zero attached hydrogens (tertiary/aromatic N) is 3. The molecule has 140 valence electrons. The fourth-order valence-corrected chi connectivity index (χ4v) is 3.79. The Balaban J connectivity index is 1.70. The van der Waals surface area contributed by atoms with Crippen LogP contribution in [0.5, 0.6) is 0 Å². The second kappa shape index (κ2) is 8.04.